The Kier molecular flexibility index (Phi) is 6.17. The third-order valence-electron chi connectivity index (χ3n) is 6.63. The van der Waals surface area contributed by atoms with Crippen molar-refractivity contribution in [1.82, 2.24) is 15.6 Å². The van der Waals surface area contributed by atoms with Crippen LogP contribution in [0.25, 0.3) is 11.1 Å². The summed E-state index contributed by atoms with van der Waals surface area (Å²) in [6.07, 6.45) is 1.49. The first-order valence-electron chi connectivity index (χ1n) is 11.5. The highest BCUT2D eigenvalue weighted by atomic mass is 16.6. The van der Waals surface area contributed by atoms with Crippen LogP contribution < -0.4 is 10.6 Å². The van der Waals surface area contributed by atoms with Crippen molar-refractivity contribution in [2.24, 2.45) is 5.92 Å². The Hall–Kier alpha value is -4.21. The fraction of sp³-hybridized carbons (Fsp3) is 0.320. The number of anilines is 1. The molecule has 35 heavy (non-hydrogen) atoms. The average molecular weight is 476 g/mol. The lowest BCUT2D eigenvalue weighted by Crippen LogP contribution is -2.40. The van der Waals surface area contributed by atoms with E-state index >= 15 is 0 Å². The van der Waals surface area contributed by atoms with E-state index in [0.29, 0.717) is 25.7 Å². The van der Waals surface area contributed by atoms with Gasteiger partial charge in [-0.2, -0.15) is 0 Å². The molecule has 3 aromatic rings. The molecular formula is C25H24N4O6. The third kappa shape index (κ3) is 4.59. The number of benzene rings is 2. The number of amides is 2. The lowest BCUT2D eigenvalue weighted by atomic mass is 9.86. The predicted molar refractivity (Wildman–Crippen MR) is 124 cm³/mol. The highest BCUT2D eigenvalue weighted by Crippen LogP contribution is 2.44. The van der Waals surface area contributed by atoms with Gasteiger partial charge in [-0.05, 0) is 51.8 Å². The molecule has 0 spiro atoms. The van der Waals surface area contributed by atoms with Crippen LogP contribution in [0.15, 0.2) is 53.2 Å². The summed E-state index contributed by atoms with van der Waals surface area (Å²) in [7, 11) is 0. The van der Waals surface area contributed by atoms with Gasteiger partial charge in [0, 0.05) is 12.0 Å². The molecule has 2 aliphatic rings. The zero-order valence-electron chi connectivity index (χ0n) is 18.8. The van der Waals surface area contributed by atoms with E-state index in [0.717, 1.165) is 22.3 Å². The third-order valence-corrected chi connectivity index (χ3v) is 6.63. The molecule has 1 saturated carbocycles. The van der Waals surface area contributed by atoms with Gasteiger partial charge < -0.3 is 15.2 Å². The van der Waals surface area contributed by atoms with E-state index in [-0.39, 0.29) is 30.1 Å². The van der Waals surface area contributed by atoms with Gasteiger partial charge in [0.1, 0.15) is 6.61 Å². The van der Waals surface area contributed by atoms with Crippen LogP contribution in [-0.4, -0.2) is 46.0 Å². The summed E-state index contributed by atoms with van der Waals surface area (Å²) >= 11 is 0. The molecule has 0 aliphatic heterocycles. The van der Waals surface area contributed by atoms with Crippen molar-refractivity contribution in [3.8, 4) is 11.1 Å². The monoisotopic (exact) mass is 476 g/mol. The van der Waals surface area contributed by atoms with E-state index in [9.17, 15) is 19.5 Å². The Morgan fingerprint density at radius 2 is 1.69 bits per heavy atom. The molecule has 1 aromatic heterocycles. The van der Waals surface area contributed by atoms with Gasteiger partial charge in [-0.25, -0.2) is 9.42 Å². The van der Waals surface area contributed by atoms with E-state index in [1.165, 1.54) is 0 Å². The van der Waals surface area contributed by atoms with Crippen molar-refractivity contribution in [2.75, 3.05) is 11.9 Å². The molecule has 2 unspecified atom stereocenters. The van der Waals surface area contributed by atoms with Gasteiger partial charge in [-0.1, -0.05) is 55.0 Å². The van der Waals surface area contributed by atoms with Crippen molar-refractivity contribution < 1.29 is 28.9 Å². The molecule has 2 aliphatic carbocycles. The van der Waals surface area contributed by atoms with E-state index in [4.69, 9.17) is 4.74 Å². The molecule has 5 rings (SSSR count). The first-order valence-corrected chi connectivity index (χ1v) is 11.5. The minimum atomic E-state index is -0.871. The van der Waals surface area contributed by atoms with E-state index < -0.39 is 23.9 Å². The summed E-state index contributed by atoms with van der Waals surface area (Å²) < 4.78 is 10.1. The van der Waals surface area contributed by atoms with Crippen LogP contribution in [-0.2, 0) is 9.53 Å². The van der Waals surface area contributed by atoms with Crippen LogP contribution in [0.1, 0.15) is 53.2 Å². The number of hydrogen-bond acceptors (Lipinski definition) is 7. The van der Waals surface area contributed by atoms with Crippen LogP contribution in [0.5, 0.6) is 0 Å². The number of carboxylic acid groups (broad SMARTS) is 1. The summed E-state index contributed by atoms with van der Waals surface area (Å²) in [5.41, 5.74) is 4.19. The molecule has 1 heterocycles. The minimum absolute atomic E-state index is 0.103. The highest BCUT2D eigenvalue weighted by Gasteiger charge is 2.31. The first-order chi connectivity index (χ1) is 17.0. The molecular weight excluding hydrogens is 452 g/mol. The maximum Gasteiger partial charge on any atom is 0.412 e. The molecule has 10 heteroatoms. The number of fused-ring (bicyclic) bond motifs is 3. The number of ether oxygens (including phenoxy) is 1. The Morgan fingerprint density at radius 3 is 2.37 bits per heavy atom. The van der Waals surface area contributed by atoms with Crippen molar-refractivity contribution in [1.29, 1.82) is 0 Å². The van der Waals surface area contributed by atoms with Gasteiger partial charge >= 0.3 is 12.1 Å². The van der Waals surface area contributed by atoms with Crippen molar-refractivity contribution in [2.45, 2.75) is 37.6 Å². The predicted octanol–water partition coefficient (Wildman–Crippen LogP) is 3.80. The minimum Gasteiger partial charge on any atom is -0.481 e. The number of hydrogen-bond donors (Lipinski definition) is 3. The second-order valence-electron chi connectivity index (χ2n) is 8.78. The summed E-state index contributed by atoms with van der Waals surface area (Å²) in [6.45, 7) is 0.103. The number of nitrogens with zero attached hydrogens (tertiary/aromatic N) is 2. The van der Waals surface area contributed by atoms with E-state index in [1.807, 2.05) is 48.5 Å². The average Bonchev–Trinajstić information content (AvgIpc) is 3.45. The standard InChI is InChI=1S/C25H24N4O6/c30-23(26-15-7-5-6-14(12-15)24(31)32)21-22(29-35-28-21)27-25(33)34-13-20-18-10-3-1-8-16(18)17-9-2-4-11-19(17)20/h1-4,8-11,14-15,20H,5-7,12-13H2,(H,26,30)(H,31,32)(H,27,29,33). The lowest BCUT2D eigenvalue weighted by Gasteiger charge is -2.27. The number of aromatic nitrogens is 2. The SMILES string of the molecule is O=C(Nc1nonc1C(=O)NC1CCCC(C(=O)O)C1)OCC1c2ccccc2-c2ccccc21. The summed E-state index contributed by atoms with van der Waals surface area (Å²) in [6, 6.07) is 15.7. The summed E-state index contributed by atoms with van der Waals surface area (Å²) in [5, 5.41) is 21.6. The normalized spacial score (nSPS) is 18.9. The fourth-order valence-corrected chi connectivity index (χ4v) is 4.95. The van der Waals surface area contributed by atoms with Gasteiger partial charge in [-0.3, -0.25) is 14.9 Å². The Bertz CT molecular complexity index is 1230. The van der Waals surface area contributed by atoms with Crippen LogP contribution in [0.4, 0.5) is 10.6 Å². The Balaban J connectivity index is 1.21. The summed E-state index contributed by atoms with van der Waals surface area (Å²) in [5.74, 6) is -2.24. The van der Waals surface area contributed by atoms with Crippen molar-refractivity contribution in [3.63, 3.8) is 0 Å². The summed E-state index contributed by atoms with van der Waals surface area (Å²) in [4.78, 5) is 36.5. The van der Waals surface area contributed by atoms with E-state index in [1.54, 1.807) is 0 Å². The smallest absolute Gasteiger partial charge is 0.412 e. The van der Waals surface area contributed by atoms with Gasteiger partial charge in [0.25, 0.3) is 5.91 Å². The van der Waals surface area contributed by atoms with Gasteiger partial charge in [0.2, 0.25) is 11.5 Å². The number of aliphatic carboxylic acids is 1. The number of carboxylic acids is 1. The van der Waals surface area contributed by atoms with Gasteiger partial charge in [0.15, 0.2) is 0 Å². The number of rotatable bonds is 6. The Labute approximate surface area is 200 Å². The largest absolute Gasteiger partial charge is 0.481 e. The number of carbonyl (C=O) groups excluding carboxylic acids is 2. The number of carbonyl (C=O) groups is 3. The quantitative estimate of drug-likeness (QED) is 0.487. The molecule has 2 aromatic carbocycles. The molecule has 2 atom stereocenters. The Morgan fingerprint density at radius 1 is 1.00 bits per heavy atom. The first kappa shape index (κ1) is 22.6. The van der Waals surface area contributed by atoms with Crippen molar-refractivity contribution >= 4 is 23.8 Å². The molecule has 0 saturated heterocycles. The maximum absolute atomic E-state index is 12.7. The molecule has 0 radical (unpaired) electrons. The molecule has 0 bridgehead atoms. The second-order valence-corrected chi connectivity index (χ2v) is 8.78. The second kappa shape index (κ2) is 9.57. The van der Waals surface area contributed by atoms with Crippen molar-refractivity contribution in [3.05, 3.63) is 65.4 Å². The fourth-order valence-electron chi connectivity index (χ4n) is 4.95. The van der Waals surface area contributed by atoms with Gasteiger partial charge in [-0.15, -0.1) is 0 Å². The zero-order chi connectivity index (χ0) is 24.4. The molecule has 1 fully saturated rings. The van der Waals surface area contributed by atoms with Crippen LogP contribution >= 0.6 is 0 Å². The highest BCUT2D eigenvalue weighted by molar-refractivity contribution is 5.99. The van der Waals surface area contributed by atoms with E-state index in [2.05, 4.69) is 25.6 Å². The maximum atomic E-state index is 12.7. The zero-order valence-corrected chi connectivity index (χ0v) is 18.8. The van der Waals surface area contributed by atoms with Crippen LogP contribution in [0.3, 0.4) is 0 Å². The topological polar surface area (TPSA) is 144 Å². The molecule has 10 nitrogen and oxygen atoms in total. The van der Waals surface area contributed by atoms with Gasteiger partial charge in [0.05, 0.1) is 5.92 Å². The van der Waals surface area contributed by atoms with Crippen LogP contribution in [0.2, 0.25) is 0 Å². The molecule has 3 N–H and O–H groups in total. The van der Waals surface area contributed by atoms with Crippen LogP contribution in [0, 0.1) is 5.92 Å². The lowest BCUT2D eigenvalue weighted by molar-refractivity contribution is -0.143. The number of nitrogens with one attached hydrogen (secondary N) is 2. The molecule has 180 valence electrons. The molecule has 2 amide bonds.